The van der Waals surface area contributed by atoms with Gasteiger partial charge in [-0.05, 0) is 50.8 Å². The number of pyridine rings is 1. The normalized spacial score (nSPS) is 20.2. The van der Waals surface area contributed by atoms with Gasteiger partial charge < -0.3 is 15.1 Å². The number of fused-ring (bicyclic) bond motifs is 1. The summed E-state index contributed by atoms with van der Waals surface area (Å²) in [5, 5.41) is 5.25. The summed E-state index contributed by atoms with van der Waals surface area (Å²) in [5.74, 6) is 1.21. The van der Waals surface area contributed by atoms with Crippen LogP contribution in [0, 0.1) is 5.92 Å². The first-order valence-electron chi connectivity index (χ1n) is 9.92. The van der Waals surface area contributed by atoms with E-state index in [2.05, 4.69) is 12.0 Å². The minimum absolute atomic E-state index is 0.00846. The summed E-state index contributed by atoms with van der Waals surface area (Å²) in [7, 11) is 0. The van der Waals surface area contributed by atoms with Crippen LogP contribution >= 0.6 is 0 Å². The Hall–Kier alpha value is -2.67. The second-order valence-corrected chi connectivity index (χ2v) is 7.97. The lowest BCUT2D eigenvalue weighted by Gasteiger charge is -2.38. The minimum atomic E-state index is -0.00846. The molecule has 1 aliphatic rings. The largest absolute Gasteiger partial charge is 0.463 e. The Morgan fingerprint density at radius 3 is 2.93 bits per heavy atom. The van der Waals surface area contributed by atoms with Crippen molar-refractivity contribution in [3.05, 3.63) is 36.2 Å². The van der Waals surface area contributed by atoms with Gasteiger partial charge in [0.1, 0.15) is 5.69 Å². The van der Waals surface area contributed by atoms with Gasteiger partial charge in [-0.15, -0.1) is 0 Å². The Kier molecular flexibility index (Phi) is 4.93. The van der Waals surface area contributed by atoms with E-state index in [0.717, 1.165) is 24.8 Å². The number of nitrogens with zero attached hydrogens (tertiary/aromatic N) is 4. The number of likely N-dealkylation sites (tertiary alicyclic amines) is 1. The van der Waals surface area contributed by atoms with E-state index < -0.39 is 0 Å². The van der Waals surface area contributed by atoms with Crippen molar-refractivity contribution in [2.75, 3.05) is 13.1 Å². The summed E-state index contributed by atoms with van der Waals surface area (Å²) in [5.41, 5.74) is 7.94. The van der Waals surface area contributed by atoms with Gasteiger partial charge in [-0.2, -0.15) is 5.10 Å². The van der Waals surface area contributed by atoms with Crippen LogP contribution in [0.2, 0.25) is 0 Å². The minimum Gasteiger partial charge on any atom is -0.463 e. The number of rotatable bonds is 4. The molecule has 7 heteroatoms. The van der Waals surface area contributed by atoms with E-state index in [-0.39, 0.29) is 18.0 Å². The van der Waals surface area contributed by atoms with Gasteiger partial charge in [0.15, 0.2) is 11.4 Å². The van der Waals surface area contributed by atoms with Gasteiger partial charge in [0.2, 0.25) is 0 Å². The number of aromatic nitrogens is 3. The summed E-state index contributed by atoms with van der Waals surface area (Å²) >= 11 is 0. The molecule has 3 aromatic heterocycles. The molecule has 0 spiro atoms. The van der Waals surface area contributed by atoms with Crippen molar-refractivity contribution in [2.45, 2.75) is 45.7 Å². The molecular formula is C21H27N5O2. The van der Waals surface area contributed by atoms with E-state index in [1.54, 1.807) is 12.5 Å². The first kappa shape index (κ1) is 18.7. The maximum absolute atomic E-state index is 13.6. The molecule has 2 unspecified atom stereocenters. The second-order valence-electron chi connectivity index (χ2n) is 7.97. The third kappa shape index (κ3) is 3.20. The number of nitrogens with two attached hydrogens (primary N) is 1. The van der Waals surface area contributed by atoms with Crippen LogP contribution in [-0.4, -0.2) is 44.7 Å². The van der Waals surface area contributed by atoms with Crippen LogP contribution in [0.25, 0.3) is 22.5 Å². The Labute approximate surface area is 164 Å². The Bertz CT molecular complexity index is 976. The van der Waals surface area contributed by atoms with E-state index in [9.17, 15) is 4.79 Å². The van der Waals surface area contributed by atoms with Gasteiger partial charge in [0.05, 0.1) is 23.4 Å². The van der Waals surface area contributed by atoms with Gasteiger partial charge in [-0.3, -0.25) is 4.79 Å². The second kappa shape index (κ2) is 7.39. The van der Waals surface area contributed by atoms with Crippen LogP contribution in [-0.2, 0) is 0 Å². The fourth-order valence-electron chi connectivity index (χ4n) is 4.02. The van der Waals surface area contributed by atoms with Crippen molar-refractivity contribution in [3.63, 3.8) is 0 Å². The average Bonchev–Trinajstić information content (AvgIpc) is 3.36. The Morgan fingerprint density at radius 2 is 2.25 bits per heavy atom. The molecule has 0 radical (unpaired) electrons. The number of amides is 1. The molecule has 2 atom stereocenters. The van der Waals surface area contributed by atoms with Crippen LogP contribution in [0.5, 0.6) is 0 Å². The van der Waals surface area contributed by atoms with Crippen LogP contribution in [0.15, 0.2) is 35.1 Å². The van der Waals surface area contributed by atoms with Crippen molar-refractivity contribution in [1.29, 1.82) is 0 Å². The number of furan rings is 1. The zero-order valence-corrected chi connectivity index (χ0v) is 16.6. The molecule has 0 bridgehead atoms. The monoisotopic (exact) mass is 381 g/mol. The van der Waals surface area contributed by atoms with Gasteiger partial charge in [0.25, 0.3) is 5.91 Å². The molecule has 4 heterocycles. The molecule has 1 aliphatic heterocycles. The van der Waals surface area contributed by atoms with E-state index in [1.807, 2.05) is 41.6 Å². The lowest BCUT2D eigenvalue weighted by atomic mass is 9.91. The number of carbonyl (C=O) groups excluding carboxylic acids is 1. The SMILES string of the molecule is CC1CCN(C(=O)c2cc(-c3ccco3)nc3c2cnn3C(C)C)C(CN)C1. The lowest BCUT2D eigenvalue weighted by Crippen LogP contribution is -2.49. The first-order chi connectivity index (χ1) is 13.5. The van der Waals surface area contributed by atoms with Crippen molar-refractivity contribution >= 4 is 16.9 Å². The van der Waals surface area contributed by atoms with E-state index in [4.69, 9.17) is 15.1 Å². The first-order valence-corrected chi connectivity index (χ1v) is 9.92. The summed E-state index contributed by atoms with van der Waals surface area (Å²) in [6.07, 6.45) is 5.28. The fraction of sp³-hybridized carbons (Fsp3) is 0.476. The fourth-order valence-corrected chi connectivity index (χ4v) is 4.02. The quantitative estimate of drug-likeness (QED) is 0.747. The van der Waals surface area contributed by atoms with Crippen molar-refractivity contribution in [2.24, 2.45) is 11.7 Å². The highest BCUT2D eigenvalue weighted by Crippen LogP contribution is 2.30. The predicted molar refractivity (Wildman–Crippen MR) is 108 cm³/mol. The zero-order valence-electron chi connectivity index (χ0n) is 16.6. The molecule has 148 valence electrons. The highest BCUT2D eigenvalue weighted by molar-refractivity contribution is 6.06. The maximum atomic E-state index is 13.6. The molecule has 7 nitrogen and oxygen atoms in total. The van der Waals surface area contributed by atoms with Crippen LogP contribution < -0.4 is 5.73 Å². The molecule has 3 aromatic rings. The smallest absolute Gasteiger partial charge is 0.255 e. The number of hydrogen-bond donors (Lipinski definition) is 1. The van der Waals surface area contributed by atoms with E-state index >= 15 is 0 Å². The molecule has 1 fully saturated rings. The molecular weight excluding hydrogens is 354 g/mol. The van der Waals surface area contributed by atoms with Crippen molar-refractivity contribution in [3.8, 4) is 11.5 Å². The number of hydrogen-bond acceptors (Lipinski definition) is 5. The molecule has 0 aliphatic carbocycles. The summed E-state index contributed by atoms with van der Waals surface area (Å²) in [4.78, 5) is 20.2. The molecule has 1 saturated heterocycles. The standard InChI is InChI=1S/C21H27N5O2/c1-13(2)26-20-17(12-23-26)16(10-18(24-20)19-5-4-8-28-19)21(27)25-7-6-14(3)9-15(25)11-22/h4-5,8,10,12-15H,6-7,9,11,22H2,1-3H3. The zero-order chi connectivity index (χ0) is 19.8. The highest BCUT2D eigenvalue weighted by Gasteiger charge is 2.31. The molecule has 2 N–H and O–H groups in total. The maximum Gasteiger partial charge on any atom is 0.255 e. The summed E-state index contributed by atoms with van der Waals surface area (Å²) in [6.45, 7) is 7.51. The third-order valence-electron chi connectivity index (χ3n) is 5.57. The third-order valence-corrected chi connectivity index (χ3v) is 5.57. The number of piperidine rings is 1. The van der Waals surface area contributed by atoms with Gasteiger partial charge in [-0.25, -0.2) is 9.67 Å². The topological polar surface area (TPSA) is 90.2 Å². The molecule has 0 aromatic carbocycles. The molecule has 28 heavy (non-hydrogen) atoms. The highest BCUT2D eigenvalue weighted by atomic mass is 16.3. The molecule has 1 amide bonds. The summed E-state index contributed by atoms with van der Waals surface area (Å²) in [6, 6.07) is 5.68. The number of carbonyl (C=O) groups is 1. The van der Waals surface area contributed by atoms with Crippen LogP contribution in [0.1, 0.15) is 50.0 Å². The average molecular weight is 381 g/mol. The molecule has 0 saturated carbocycles. The van der Waals surface area contributed by atoms with Crippen molar-refractivity contribution in [1.82, 2.24) is 19.7 Å². The van der Waals surface area contributed by atoms with Crippen LogP contribution in [0.3, 0.4) is 0 Å². The van der Waals surface area contributed by atoms with Crippen molar-refractivity contribution < 1.29 is 9.21 Å². The lowest BCUT2D eigenvalue weighted by molar-refractivity contribution is 0.0575. The summed E-state index contributed by atoms with van der Waals surface area (Å²) < 4.78 is 7.39. The molecule has 4 rings (SSSR count). The van der Waals surface area contributed by atoms with Gasteiger partial charge in [-0.1, -0.05) is 6.92 Å². The van der Waals surface area contributed by atoms with E-state index in [0.29, 0.717) is 35.1 Å². The Balaban J connectivity index is 1.84. The Morgan fingerprint density at radius 1 is 1.43 bits per heavy atom. The van der Waals surface area contributed by atoms with E-state index in [1.165, 1.54) is 0 Å². The van der Waals surface area contributed by atoms with Gasteiger partial charge >= 0.3 is 0 Å². The van der Waals surface area contributed by atoms with Gasteiger partial charge in [0, 0.05) is 25.2 Å². The van der Waals surface area contributed by atoms with Crippen LogP contribution in [0.4, 0.5) is 0 Å². The predicted octanol–water partition coefficient (Wildman–Crippen LogP) is 3.47.